The third-order valence-corrected chi connectivity index (χ3v) is 8.61. The fraction of sp³-hybridized carbons (Fsp3) is 0.818. The van der Waals surface area contributed by atoms with Crippen LogP contribution in [0.2, 0.25) is 0 Å². The summed E-state index contributed by atoms with van der Waals surface area (Å²) in [6.07, 6.45) is 4.68. The predicted octanol–water partition coefficient (Wildman–Crippen LogP) is 3.91. The molecule has 0 radical (unpaired) electrons. The van der Waals surface area contributed by atoms with E-state index in [9.17, 15) is 14.7 Å². The van der Waals surface area contributed by atoms with Crippen molar-refractivity contribution in [2.45, 2.75) is 78.9 Å². The number of carbonyl (C=O) groups is 2. The van der Waals surface area contributed by atoms with Crippen molar-refractivity contribution in [3.8, 4) is 0 Å². The molecule has 146 valence electrons. The minimum atomic E-state index is -0.607. The minimum absolute atomic E-state index is 0.00653. The van der Waals surface area contributed by atoms with E-state index in [2.05, 4.69) is 27.4 Å². The molecular weight excluding hydrogens is 328 g/mol. The molecule has 3 fully saturated rings. The quantitative estimate of drug-likeness (QED) is 0.597. The van der Waals surface area contributed by atoms with E-state index in [0.717, 1.165) is 19.3 Å². The van der Waals surface area contributed by atoms with Gasteiger partial charge >= 0.3 is 5.97 Å². The van der Waals surface area contributed by atoms with Crippen molar-refractivity contribution in [1.29, 1.82) is 0 Å². The highest BCUT2D eigenvalue weighted by Gasteiger charge is 2.68. The van der Waals surface area contributed by atoms with Crippen molar-refractivity contribution in [2.75, 3.05) is 0 Å². The Morgan fingerprint density at radius 1 is 1.31 bits per heavy atom. The second-order valence-electron chi connectivity index (χ2n) is 9.68. The number of ether oxygens (including phenoxy) is 1. The first-order valence-corrected chi connectivity index (χ1v) is 10.0. The smallest absolute Gasteiger partial charge is 0.302 e. The molecule has 1 unspecified atom stereocenters. The zero-order valence-corrected chi connectivity index (χ0v) is 16.9. The number of aliphatic hydroxyl groups excluding tert-OH is 1. The molecule has 0 aromatic heterocycles. The molecule has 4 nitrogen and oxygen atoms in total. The summed E-state index contributed by atoms with van der Waals surface area (Å²) in [4.78, 5) is 25.0. The van der Waals surface area contributed by atoms with E-state index >= 15 is 0 Å². The van der Waals surface area contributed by atoms with E-state index in [-0.39, 0.29) is 34.9 Å². The number of aliphatic hydroxyl groups is 1. The predicted molar refractivity (Wildman–Crippen MR) is 100 cm³/mol. The Labute approximate surface area is 157 Å². The molecule has 0 aliphatic heterocycles. The monoisotopic (exact) mass is 362 g/mol. The first kappa shape index (κ1) is 19.6. The van der Waals surface area contributed by atoms with Crippen LogP contribution in [0.4, 0.5) is 0 Å². The van der Waals surface area contributed by atoms with Crippen molar-refractivity contribution in [2.24, 2.45) is 34.0 Å². The Bertz CT molecular complexity index is 628. The minimum Gasteiger partial charge on any atom is -0.462 e. The lowest BCUT2D eigenvalue weighted by atomic mass is 9.44. The maximum absolute atomic E-state index is 13.1. The number of ketones is 1. The van der Waals surface area contributed by atoms with Gasteiger partial charge in [-0.1, -0.05) is 33.8 Å². The first-order chi connectivity index (χ1) is 12.0. The molecule has 4 heteroatoms. The van der Waals surface area contributed by atoms with E-state index in [0.29, 0.717) is 12.8 Å². The molecule has 1 N–H and O–H groups in total. The van der Waals surface area contributed by atoms with Gasteiger partial charge in [0.25, 0.3) is 0 Å². The molecular formula is C22H34O4. The van der Waals surface area contributed by atoms with E-state index in [1.165, 1.54) is 6.92 Å². The fourth-order valence-corrected chi connectivity index (χ4v) is 6.70. The Hall–Kier alpha value is -1.16. The maximum Gasteiger partial charge on any atom is 0.302 e. The van der Waals surface area contributed by atoms with Gasteiger partial charge in [-0.25, -0.2) is 0 Å². The van der Waals surface area contributed by atoms with Gasteiger partial charge in [0.15, 0.2) is 0 Å². The largest absolute Gasteiger partial charge is 0.462 e. The molecule has 0 saturated heterocycles. The van der Waals surface area contributed by atoms with Crippen molar-refractivity contribution < 1.29 is 19.4 Å². The topological polar surface area (TPSA) is 63.6 Å². The summed E-state index contributed by atoms with van der Waals surface area (Å²) in [6.45, 7) is 13.9. The number of carbonyl (C=O) groups excluding carboxylic acids is 2. The van der Waals surface area contributed by atoms with Crippen LogP contribution < -0.4 is 0 Å². The molecule has 0 heterocycles. The SMILES string of the molecule is C=C[C@]1(C)C[C@@H](OC(C)=O)[C@@]2(C)C3C(=O)CC[C@@]3(CC[C@H]2C)[C@@H](C)[C@@H]1O. The second-order valence-corrected chi connectivity index (χ2v) is 9.68. The number of Topliss-reactive ketones (excluding diaryl/α,β-unsaturated/α-hetero) is 1. The average Bonchev–Trinajstić information content (AvgIpc) is 2.94. The molecule has 0 amide bonds. The number of hydrogen-bond donors (Lipinski definition) is 1. The van der Waals surface area contributed by atoms with Crippen LogP contribution in [0.3, 0.4) is 0 Å². The zero-order valence-electron chi connectivity index (χ0n) is 16.9. The highest BCUT2D eigenvalue weighted by atomic mass is 16.5. The molecule has 26 heavy (non-hydrogen) atoms. The summed E-state index contributed by atoms with van der Waals surface area (Å²) in [6, 6.07) is 0. The third-order valence-electron chi connectivity index (χ3n) is 8.61. The van der Waals surface area contributed by atoms with E-state index in [1.807, 2.05) is 13.0 Å². The maximum atomic E-state index is 13.1. The molecule has 0 aromatic carbocycles. The van der Waals surface area contributed by atoms with Crippen LogP contribution in [0.15, 0.2) is 12.7 Å². The number of rotatable bonds is 2. The third kappa shape index (κ3) is 2.44. The highest BCUT2D eigenvalue weighted by Crippen LogP contribution is 2.67. The van der Waals surface area contributed by atoms with E-state index < -0.39 is 23.0 Å². The zero-order chi connectivity index (χ0) is 19.5. The van der Waals surface area contributed by atoms with Crippen molar-refractivity contribution in [3.63, 3.8) is 0 Å². The van der Waals surface area contributed by atoms with Crippen LogP contribution >= 0.6 is 0 Å². The van der Waals surface area contributed by atoms with E-state index in [4.69, 9.17) is 4.74 Å². The summed E-state index contributed by atoms with van der Waals surface area (Å²) in [5, 5.41) is 11.3. The van der Waals surface area contributed by atoms with Gasteiger partial charge in [0.05, 0.1) is 6.10 Å². The molecule has 8 atom stereocenters. The second kappa shape index (κ2) is 6.19. The van der Waals surface area contributed by atoms with Gasteiger partial charge < -0.3 is 9.84 Å². The normalized spacial score (nSPS) is 51.2. The Balaban J connectivity index is 2.23. The van der Waals surface area contributed by atoms with Gasteiger partial charge in [-0.05, 0) is 42.9 Å². The molecule has 2 bridgehead atoms. The van der Waals surface area contributed by atoms with Gasteiger partial charge in [0.2, 0.25) is 0 Å². The number of esters is 1. The fourth-order valence-electron chi connectivity index (χ4n) is 6.70. The van der Waals surface area contributed by atoms with Gasteiger partial charge in [-0.2, -0.15) is 0 Å². The Morgan fingerprint density at radius 2 is 1.96 bits per heavy atom. The lowest BCUT2D eigenvalue weighted by molar-refractivity contribution is -0.205. The van der Waals surface area contributed by atoms with Gasteiger partial charge in [-0.15, -0.1) is 6.58 Å². The molecule has 3 aliphatic carbocycles. The summed E-state index contributed by atoms with van der Waals surface area (Å²) in [5.74, 6) is 0.106. The van der Waals surface area contributed by atoms with Gasteiger partial charge in [0, 0.05) is 30.1 Å². The van der Waals surface area contributed by atoms with Crippen LogP contribution in [-0.4, -0.2) is 29.1 Å². The molecule has 3 aliphatic rings. The molecule has 0 spiro atoms. The lowest BCUT2D eigenvalue weighted by Crippen LogP contribution is -2.63. The number of hydrogen-bond acceptors (Lipinski definition) is 4. The van der Waals surface area contributed by atoms with Gasteiger partial charge in [0.1, 0.15) is 11.9 Å². The average molecular weight is 363 g/mol. The molecule has 3 saturated carbocycles. The summed E-state index contributed by atoms with van der Waals surface area (Å²) in [7, 11) is 0. The van der Waals surface area contributed by atoms with E-state index in [1.54, 1.807) is 0 Å². The van der Waals surface area contributed by atoms with Crippen LogP contribution in [0.25, 0.3) is 0 Å². The van der Waals surface area contributed by atoms with Gasteiger partial charge in [-0.3, -0.25) is 9.59 Å². The van der Waals surface area contributed by atoms with Crippen LogP contribution in [0.5, 0.6) is 0 Å². The summed E-state index contributed by atoms with van der Waals surface area (Å²) < 4.78 is 5.87. The van der Waals surface area contributed by atoms with Crippen LogP contribution in [0, 0.1) is 34.0 Å². The molecule has 0 aromatic rings. The van der Waals surface area contributed by atoms with Crippen molar-refractivity contribution >= 4 is 11.8 Å². The van der Waals surface area contributed by atoms with Crippen LogP contribution in [-0.2, 0) is 14.3 Å². The van der Waals surface area contributed by atoms with Crippen LogP contribution in [0.1, 0.15) is 66.7 Å². The Morgan fingerprint density at radius 3 is 2.54 bits per heavy atom. The lowest BCUT2D eigenvalue weighted by Gasteiger charge is -2.61. The Kier molecular flexibility index (Phi) is 4.66. The van der Waals surface area contributed by atoms with Crippen molar-refractivity contribution in [3.05, 3.63) is 12.7 Å². The summed E-state index contributed by atoms with van der Waals surface area (Å²) >= 11 is 0. The highest BCUT2D eigenvalue weighted by molar-refractivity contribution is 5.85. The standard InChI is InChI=1S/C22H34O4/c1-7-20(5)12-17(26-15(4)23)21(6)13(2)8-10-22(14(3)19(20)25)11-9-16(24)18(21)22/h7,13-14,17-19,25H,1,8-12H2,2-6H3/t13-,14+,17-,18?,19+,20-,21+,22+/m1/s1. The summed E-state index contributed by atoms with van der Waals surface area (Å²) in [5.41, 5.74) is -1.17. The van der Waals surface area contributed by atoms with Crippen molar-refractivity contribution in [1.82, 2.24) is 0 Å². The molecule has 3 rings (SSSR count). The first-order valence-electron chi connectivity index (χ1n) is 10.0.